The highest BCUT2D eigenvalue weighted by Gasteiger charge is 2.08. The van der Waals surface area contributed by atoms with Gasteiger partial charge in [0.25, 0.3) is 0 Å². The second-order valence-corrected chi connectivity index (χ2v) is 3.01. The van der Waals surface area contributed by atoms with E-state index in [2.05, 4.69) is 32.6 Å². The molecule has 0 saturated heterocycles. The number of hydrogen-bond acceptors (Lipinski definition) is 1. The maximum atomic E-state index is 2.44. The van der Waals surface area contributed by atoms with Gasteiger partial charge in [-0.3, -0.25) is 4.90 Å². The molecule has 0 aromatic carbocycles. The van der Waals surface area contributed by atoms with Crippen molar-refractivity contribution in [1.82, 2.24) is 4.90 Å². The first-order valence-corrected chi connectivity index (χ1v) is 4.83. The van der Waals surface area contributed by atoms with Crippen molar-refractivity contribution in [2.75, 3.05) is 13.1 Å². The first kappa shape index (κ1) is 11.0. The zero-order valence-electron chi connectivity index (χ0n) is 8.48. The molecule has 0 aliphatic rings. The van der Waals surface area contributed by atoms with Crippen LogP contribution in [0.1, 0.15) is 47.0 Å². The molecule has 11 heavy (non-hydrogen) atoms. The first-order chi connectivity index (χ1) is 5.26. The van der Waals surface area contributed by atoms with Crippen molar-refractivity contribution in [2.24, 2.45) is 0 Å². The van der Waals surface area contributed by atoms with Crippen molar-refractivity contribution in [3.8, 4) is 0 Å². The third-order valence-corrected chi connectivity index (χ3v) is 2.20. The van der Waals surface area contributed by atoms with E-state index in [0.717, 1.165) is 13.1 Å². The van der Waals surface area contributed by atoms with E-state index in [-0.39, 0.29) is 0 Å². The average Bonchev–Trinajstić information content (AvgIpc) is 2.03. The van der Waals surface area contributed by atoms with Gasteiger partial charge in [-0.25, -0.2) is 0 Å². The Morgan fingerprint density at radius 3 is 2.00 bits per heavy atom. The molecule has 1 heteroatoms. The fraction of sp³-hybridized carbons (Fsp3) is 0.900. The highest BCUT2D eigenvalue weighted by molar-refractivity contribution is 4.82. The van der Waals surface area contributed by atoms with Crippen LogP contribution in [0.4, 0.5) is 0 Å². The molecule has 0 fully saturated rings. The molecular weight excluding hydrogens is 134 g/mol. The summed E-state index contributed by atoms with van der Waals surface area (Å²) in [7, 11) is 0. The summed E-state index contributed by atoms with van der Waals surface area (Å²) in [6, 6.07) is 1.55. The van der Waals surface area contributed by atoms with Crippen molar-refractivity contribution in [1.29, 1.82) is 0 Å². The van der Waals surface area contributed by atoms with Crippen LogP contribution in [0.15, 0.2) is 0 Å². The summed E-state index contributed by atoms with van der Waals surface area (Å²) in [5, 5.41) is 0. The van der Waals surface area contributed by atoms with Crippen molar-refractivity contribution in [3.05, 3.63) is 6.04 Å². The van der Waals surface area contributed by atoms with Gasteiger partial charge in [0.05, 0.1) is 0 Å². The molecule has 0 spiro atoms. The van der Waals surface area contributed by atoms with Gasteiger partial charge in [-0.05, 0) is 26.4 Å². The van der Waals surface area contributed by atoms with Crippen LogP contribution in [0, 0.1) is 6.04 Å². The Balaban J connectivity index is 3.51. The van der Waals surface area contributed by atoms with E-state index in [1.165, 1.54) is 19.3 Å². The van der Waals surface area contributed by atoms with Gasteiger partial charge < -0.3 is 0 Å². The van der Waals surface area contributed by atoms with Crippen LogP contribution >= 0.6 is 0 Å². The third-order valence-electron chi connectivity index (χ3n) is 2.20. The summed E-state index contributed by atoms with van der Waals surface area (Å²) in [6.07, 6.45) is 3.92. The smallest absolute Gasteiger partial charge is 0.0362 e. The van der Waals surface area contributed by atoms with Crippen molar-refractivity contribution in [2.45, 2.75) is 47.0 Å². The Kier molecular flexibility index (Phi) is 6.63. The molecular formula is C10H22N. The predicted octanol–water partition coefficient (Wildman–Crippen LogP) is 3.07. The lowest BCUT2D eigenvalue weighted by Gasteiger charge is -2.25. The normalized spacial score (nSPS) is 11.5. The van der Waals surface area contributed by atoms with E-state index < -0.39 is 0 Å². The van der Waals surface area contributed by atoms with Gasteiger partial charge in [0, 0.05) is 6.04 Å². The lowest BCUT2D eigenvalue weighted by Crippen LogP contribution is -2.26. The molecule has 0 amide bonds. The summed E-state index contributed by atoms with van der Waals surface area (Å²) in [6.45, 7) is 11.3. The molecule has 0 aromatic heterocycles. The van der Waals surface area contributed by atoms with Gasteiger partial charge in [-0.2, -0.15) is 0 Å². The van der Waals surface area contributed by atoms with Crippen LogP contribution in [0.3, 0.4) is 0 Å². The monoisotopic (exact) mass is 156 g/mol. The minimum Gasteiger partial charge on any atom is -0.297 e. The van der Waals surface area contributed by atoms with Crippen LogP contribution in [0.25, 0.3) is 0 Å². The summed E-state index contributed by atoms with van der Waals surface area (Å²) in [5.41, 5.74) is 0. The predicted molar refractivity (Wildman–Crippen MR) is 51.4 cm³/mol. The molecule has 0 unspecified atom stereocenters. The Morgan fingerprint density at radius 1 is 1.09 bits per heavy atom. The average molecular weight is 156 g/mol. The van der Waals surface area contributed by atoms with Gasteiger partial charge in [0.15, 0.2) is 0 Å². The van der Waals surface area contributed by atoms with Gasteiger partial charge >= 0.3 is 0 Å². The molecule has 0 rings (SSSR count). The maximum absolute atomic E-state index is 2.44. The van der Waals surface area contributed by atoms with Crippen LogP contribution in [-0.4, -0.2) is 18.0 Å². The lowest BCUT2D eigenvalue weighted by molar-refractivity contribution is 0.302. The molecule has 0 saturated carbocycles. The van der Waals surface area contributed by atoms with Gasteiger partial charge in [-0.15, -0.1) is 0 Å². The Morgan fingerprint density at radius 2 is 1.64 bits per heavy atom. The second-order valence-electron chi connectivity index (χ2n) is 3.01. The van der Waals surface area contributed by atoms with E-state index in [9.17, 15) is 0 Å². The standard InChI is InChI=1S/C10H22N/c1-5-8-9-10(4)11(6-2)7-3/h5-9H2,1-4H3. The topological polar surface area (TPSA) is 3.24 Å². The minimum absolute atomic E-state index is 1.16. The van der Waals surface area contributed by atoms with Gasteiger partial charge in [0.2, 0.25) is 0 Å². The van der Waals surface area contributed by atoms with E-state index in [4.69, 9.17) is 0 Å². The minimum atomic E-state index is 1.16. The van der Waals surface area contributed by atoms with E-state index in [1.54, 1.807) is 6.04 Å². The summed E-state index contributed by atoms with van der Waals surface area (Å²) in [5.74, 6) is 0. The zero-order valence-corrected chi connectivity index (χ0v) is 8.48. The van der Waals surface area contributed by atoms with Crippen molar-refractivity contribution in [3.63, 3.8) is 0 Å². The Hall–Kier alpha value is -0.0400. The molecule has 0 bridgehead atoms. The fourth-order valence-electron chi connectivity index (χ4n) is 1.35. The van der Waals surface area contributed by atoms with Crippen LogP contribution in [0.2, 0.25) is 0 Å². The van der Waals surface area contributed by atoms with Crippen LogP contribution < -0.4 is 0 Å². The largest absolute Gasteiger partial charge is 0.297 e. The molecule has 1 nitrogen and oxygen atoms in total. The number of rotatable bonds is 6. The molecule has 0 atom stereocenters. The Bertz CT molecular complexity index is 76.9. The van der Waals surface area contributed by atoms with E-state index >= 15 is 0 Å². The van der Waals surface area contributed by atoms with E-state index in [0.29, 0.717) is 0 Å². The summed E-state index contributed by atoms with van der Waals surface area (Å²) in [4.78, 5) is 2.44. The van der Waals surface area contributed by atoms with Crippen molar-refractivity contribution < 1.29 is 0 Å². The SMILES string of the molecule is CCCC[C](C)N(CC)CC. The third kappa shape index (κ3) is 4.41. The van der Waals surface area contributed by atoms with E-state index in [1.807, 2.05) is 0 Å². The molecule has 0 heterocycles. The number of unbranched alkanes of at least 4 members (excludes halogenated alkanes) is 1. The van der Waals surface area contributed by atoms with Crippen LogP contribution in [-0.2, 0) is 0 Å². The molecule has 0 aliphatic carbocycles. The molecule has 67 valence electrons. The zero-order chi connectivity index (χ0) is 8.69. The summed E-state index contributed by atoms with van der Waals surface area (Å²) >= 11 is 0. The highest BCUT2D eigenvalue weighted by atomic mass is 15.1. The van der Waals surface area contributed by atoms with Gasteiger partial charge in [0.1, 0.15) is 0 Å². The highest BCUT2D eigenvalue weighted by Crippen LogP contribution is 2.14. The molecule has 0 aromatic rings. The number of hydrogen-bond donors (Lipinski definition) is 0. The first-order valence-electron chi connectivity index (χ1n) is 4.83. The Labute approximate surface area is 71.8 Å². The quantitative estimate of drug-likeness (QED) is 0.571. The van der Waals surface area contributed by atoms with Gasteiger partial charge in [-0.1, -0.05) is 33.6 Å². The fourth-order valence-corrected chi connectivity index (χ4v) is 1.35. The van der Waals surface area contributed by atoms with Crippen molar-refractivity contribution >= 4 is 0 Å². The summed E-state index contributed by atoms with van der Waals surface area (Å²) < 4.78 is 0. The lowest BCUT2D eigenvalue weighted by atomic mass is 10.1. The molecule has 0 N–H and O–H groups in total. The van der Waals surface area contributed by atoms with Crippen LogP contribution in [0.5, 0.6) is 0 Å². The maximum Gasteiger partial charge on any atom is 0.0362 e. The second kappa shape index (κ2) is 6.66. The number of nitrogens with zero attached hydrogens (tertiary/aromatic N) is 1. The molecule has 1 radical (unpaired) electrons. The molecule has 0 aliphatic heterocycles.